The Labute approximate surface area is 201 Å². The Morgan fingerprint density at radius 3 is 2.48 bits per heavy atom. The average molecular weight is 509 g/mol. The lowest BCUT2D eigenvalue weighted by Gasteiger charge is -2.12. The number of benzene rings is 3. The Balaban J connectivity index is 1.26. The summed E-state index contributed by atoms with van der Waals surface area (Å²) >= 11 is 3.51. The molecule has 6 nitrogen and oxygen atoms in total. The van der Waals surface area contributed by atoms with Gasteiger partial charge >= 0.3 is 0 Å². The van der Waals surface area contributed by atoms with E-state index in [0.717, 1.165) is 35.0 Å². The number of amides is 2. The summed E-state index contributed by atoms with van der Waals surface area (Å²) in [6.45, 7) is 1.14. The van der Waals surface area contributed by atoms with Crippen LogP contribution in [0.5, 0.6) is 5.75 Å². The lowest BCUT2D eigenvalue weighted by molar-refractivity contribution is -0.118. The fraction of sp³-hybridized carbons (Fsp3) is 0.231. The second-order valence-electron chi connectivity index (χ2n) is 7.77. The fourth-order valence-electron chi connectivity index (χ4n) is 3.59. The second-order valence-corrected chi connectivity index (χ2v) is 8.62. The Morgan fingerprint density at radius 1 is 1.00 bits per heavy atom. The van der Waals surface area contributed by atoms with Gasteiger partial charge in [0.15, 0.2) is 6.61 Å². The van der Waals surface area contributed by atoms with Gasteiger partial charge in [-0.3, -0.25) is 9.59 Å². The van der Waals surface area contributed by atoms with Gasteiger partial charge in [0, 0.05) is 24.4 Å². The SMILES string of the molecule is O=C(COc1ccc(-c2ccccc2)cc1Br)Nc1ccc(C(=O)NCC2CCCO2)cc1. The maximum Gasteiger partial charge on any atom is 0.262 e. The minimum absolute atomic E-state index is 0.0992. The third kappa shape index (κ3) is 6.43. The van der Waals surface area contributed by atoms with Crippen molar-refractivity contribution in [3.8, 4) is 16.9 Å². The van der Waals surface area contributed by atoms with Gasteiger partial charge in [0.25, 0.3) is 11.8 Å². The molecule has 2 amide bonds. The number of carbonyl (C=O) groups excluding carboxylic acids is 2. The van der Waals surface area contributed by atoms with Gasteiger partial charge in [-0.15, -0.1) is 0 Å². The summed E-state index contributed by atoms with van der Waals surface area (Å²) in [6, 6.07) is 22.5. The van der Waals surface area contributed by atoms with E-state index < -0.39 is 0 Å². The first-order valence-electron chi connectivity index (χ1n) is 10.9. The summed E-state index contributed by atoms with van der Waals surface area (Å²) in [5.74, 6) is 0.142. The zero-order valence-corrected chi connectivity index (χ0v) is 19.6. The molecule has 0 spiro atoms. The predicted molar refractivity (Wildman–Crippen MR) is 131 cm³/mol. The van der Waals surface area contributed by atoms with Crippen molar-refractivity contribution >= 4 is 33.4 Å². The number of rotatable bonds is 8. The molecule has 0 radical (unpaired) electrons. The lowest BCUT2D eigenvalue weighted by atomic mass is 10.1. The van der Waals surface area contributed by atoms with Gasteiger partial charge in [0.2, 0.25) is 0 Å². The Bertz CT molecular complexity index is 1100. The number of carbonyl (C=O) groups is 2. The molecule has 7 heteroatoms. The molecule has 1 saturated heterocycles. The standard InChI is InChI=1S/C26H25BrN2O4/c27-23-15-20(18-5-2-1-3-6-18)10-13-24(23)33-17-25(30)29-21-11-8-19(9-12-21)26(31)28-16-22-7-4-14-32-22/h1-3,5-6,8-13,15,22H,4,7,14,16-17H2,(H,28,31)(H,29,30). The van der Waals surface area contributed by atoms with E-state index >= 15 is 0 Å². The summed E-state index contributed by atoms with van der Waals surface area (Å²) in [5.41, 5.74) is 3.29. The van der Waals surface area contributed by atoms with E-state index in [9.17, 15) is 9.59 Å². The van der Waals surface area contributed by atoms with Crippen LogP contribution in [0.3, 0.4) is 0 Å². The zero-order valence-electron chi connectivity index (χ0n) is 18.1. The first-order chi connectivity index (χ1) is 16.1. The minimum Gasteiger partial charge on any atom is -0.483 e. The maximum absolute atomic E-state index is 12.3. The number of hydrogen-bond acceptors (Lipinski definition) is 4. The number of anilines is 1. The summed E-state index contributed by atoms with van der Waals surface area (Å²) in [5, 5.41) is 5.66. The monoisotopic (exact) mass is 508 g/mol. The molecule has 1 aliphatic heterocycles. The molecule has 1 atom stereocenters. The first kappa shape index (κ1) is 23.0. The molecule has 4 rings (SSSR count). The van der Waals surface area contributed by atoms with Crippen LogP contribution in [-0.4, -0.2) is 37.7 Å². The van der Waals surface area contributed by atoms with Crippen molar-refractivity contribution in [1.29, 1.82) is 0 Å². The van der Waals surface area contributed by atoms with Crippen molar-refractivity contribution in [1.82, 2.24) is 5.32 Å². The summed E-state index contributed by atoms with van der Waals surface area (Å²) in [6.07, 6.45) is 2.11. The second kappa shape index (κ2) is 11.1. The number of halogens is 1. The van der Waals surface area contributed by atoms with Gasteiger partial charge < -0.3 is 20.1 Å². The number of ether oxygens (including phenoxy) is 2. The van der Waals surface area contributed by atoms with Gasteiger partial charge in [0.1, 0.15) is 5.75 Å². The third-order valence-electron chi connectivity index (χ3n) is 5.34. The van der Waals surface area contributed by atoms with E-state index in [2.05, 4.69) is 26.6 Å². The van der Waals surface area contributed by atoms with Crippen LogP contribution in [0.2, 0.25) is 0 Å². The highest BCUT2D eigenvalue weighted by atomic mass is 79.9. The maximum atomic E-state index is 12.3. The lowest BCUT2D eigenvalue weighted by Crippen LogP contribution is -2.31. The van der Waals surface area contributed by atoms with Crippen molar-refractivity contribution in [2.24, 2.45) is 0 Å². The van der Waals surface area contributed by atoms with Crippen LogP contribution in [-0.2, 0) is 9.53 Å². The summed E-state index contributed by atoms with van der Waals surface area (Å²) in [4.78, 5) is 24.6. The van der Waals surface area contributed by atoms with Crippen LogP contribution in [0.1, 0.15) is 23.2 Å². The molecular formula is C26H25BrN2O4. The molecule has 0 aromatic heterocycles. The molecule has 0 bridgehead atoms. The van der Waals surface area contributed by atoms with E-state index in [1.54, 1.807) is 24.3 Å². The average Bonchev–Trinajstić information content (AvgIpc) is 3.36. The highest BCUT2D eigenvalue weighted by Gasteiger charge is 2.16. The van der Waals surface area contributed by atoms with Crippen LogP contribution >= 0.6 is 15.9 Å². The Hall–Kier alpha value is -3.16. The Morgan fingerprint density at radius 2 is 1.79 bits per heavy atom. The first-order valence-corrected chi connectivity index (χ1v) is 11.7. The topological polar surface area (TPSA) is 76.7 Å². The van der Waals surface area contributed by atoms with Crippen molar-refractivity contribution in [3.63, 3.8) is 0 Å². The predicted octanol–water partition coefficient (Wildman–Crippen LogP) is 5.04. The zero-order chi connectivity index (χ0) is 23.0. The molecule has 0 saturated carbocycles. The fourth-order valence-corrected chi connectivity index (χ4v) is 4.08. The molecule has 0 aliphatic carbocycles. The molecule has 1 unspecified atom stereocenters. The van der Waals surface area contributed by atoms with E-state index in [1.165, 1.54) is 0 Å². The van der Waals surface area contributed by atoms with Crippen molar-refractivity contribution < 1.29 is 19.1 Å². The van der Waals surface area contributed by atoms with Gasteiger partial charge in [-0.2, -0.15) is 0 Å². The molecule has 3 aromatic carbocycles. The normalized spacial score (nSPS) is 15.1. The van der Waals surface area contributed by atoms with Gasteiger partial charge in [-0.25, -0.2) is 0 Å². The molecule has 170 valence electrons. The van der Waals surface area contributed by atoms with Crippen molar-refractivity contribution in [2.45, 2.75) is 18.9 Å². The van der Waals surface area contributed by atoms with Gasteiger partial charge in [-0.1, -0.05) is 36.4 Å². The third-order valence-corrected chi connectivity index (χ3v) is 5.96. The summed E-state index contributed by atoms with van der Waals surface area (Å²) < 4.78 is 12.0. The van der Waals surface area contributed by atoms with E-state index in [0.29, 0.717) is 23.5 Å². The largest absolute Gasteiger partial charge is 0.483 e. The molecule has 1 heterocycles. The minimum atomic E-state index is -0.287. The Kier molecular flexibility index (Phi) is 7.75. The van der Waals surface area contributed by atoms with E-state index in [-0.39, 0.29) is 24.5 Å². The van der Waals surface area contributed by atoms with Gasteiger partial charge in [0.05, 0.1) is 10.6 Å². The van der Waals surface area contributed by atoms with Gasteiger partial charge in [-0.05, 0) is 76.3 Å². The number of hydrogen-bond donors (Lipinski definition) is 2. The summed E-state index contributed by atoms with van der Waals surface area (Å²) in [7, 11) is 0. The molecule has 1 aliphatic rings. The smallest absolute Gasteiger partial charge is 0.262 e. The quantitative estimate of drug-likeness (QED) is 0.446. The molecular weight excluding hydrogens is 484 g/mol. The highest BCUT2D eigenvalue weighted by Crippen LogP contribution is 2.30. The molecule has 3 aromatic rings. The number of nitrogens with one attached hydrogen (secondary N) is 2. The van der Waals surface area contributed by atoms with Crippen molar-refractivity contribution in [3.05, 3.63) is 82.8 Å². The van der Waals surface area contributed by atoms with Crippen LogP contribution in [0.15, 0.2) is 77.3 Å². The molecule has 1 fully saturated rings. The molecule has 33 heavy (non-hydrogen) atoms. The van der Waals surface area contributed by atoms with Crippen LogP contribution in [0, 0.1) is 0 Å². The highest BCUT2D eigenvalue weighted by molar-refractivity contribution is 9.10. The van der Waals surface area contributed by atoms with Crippen molar-refractivity contribution in [2.75, 3.05) is 25.1 Å². The van der Waals surface area contributed by atoms with E-state index in [1.807, 2.05) is 48.5 Å². The van der Waals surface area contributed by atoms with Crippen LogP contribution < -0.4 is 15.4 Å². The van der Waals surface area contributed by atoms with E-state index in [4.69, 9.17) is 9.47 Å². The van der Waals surface area contributed by atoms with Crippen LogP contribution in [0.25, 0.3) is 11.1 Å². The van der Waals surface area contributed by atoms with Crippen LogP contribution in [0.4, 0.5) is 5.69 Å². The molecule has 2 N–H and O–H groups in total.